The topological polar surface area (TPSA) is 71.9 Å². The van der Waals surface area contributed by atoms with E-state index in [1.54, 1.807) is 30.0 Å². The average Bonchev–Trinajstić information content (AvgIpc) is 3.04. The summed E-state index contributed by atoms with van der Waals surface area (Å²) in [7, 11) is 0. The number of aromatic nitrogens is 1. The molecule has 0 saturated heterocycles. The normalized spacial score (nSPS) is 13.3. The van der Waals surface area contributed by atoms with Crippen LogP contribution >= 0.6 is 0 Å². The van der Waals surface area contributed by atoms with Crippen molar-refractivity contribution < 1.29 is 22.7 Å². The standard InChI is InChI=1S/C22H16F3N3O3/c1-13-20-16(10-19(26-13)15-3-2-4-17(9-15)27-30)12-28(21(20)29)11-14-5-7-18(8-6-14)31-22(23,24)25/h2-10H,11-12H2,1H3. The largest absolute Gasteiger partial charge is 0.573 e. The highest BCUT2D eigenvalue weighted by Crippen LogP contribution is 2.31. The molecular weight excluding hydrogens is 411 g/mol. The molecular formula is C22H16F3N3O3. The smallest absolute Gasteiger partial charge is 0.406 e. The third kappa shape index (κ3) is 4.40. The molecule has 0 spiro atoms. The Morgan fingerprint density at radius 3 is 2.55 bits per heavy atom. The van der Waals surface area contributed by atoms with Crippen molar-refractivity contribution in [3.8, 4) is 17.0 Å². The molecule has 1 aliphatic heterocycles. The molecule has 0 bridgehead atoms. The Balaban J connectivity index is 1.55. The van der Waals surface area contributed by atoms with Gasteiger partial charge in [0.2, 0.25) is 0 Å². The summed E-state index contributed by atoms with van der Waals surface area (Å²) in [6.45, 7) is 2.32. The van der Waals surface area contributed by atoms with Gasteiger partial charge in [-0.15, -0.1) is 18.1 Å². The molecule has 9 heteroatoms. The summed E-state index contributed by atoms with van der Waals surface area (Å²) in [5.41, 5.74) is 4.19. The van der Waals surface area contributed by atoms with Gasteiger partial charge in [-0.25, -0.2) is 0 Å². The zero-order chi connectivity index (χ0) is 22.2. The van der Waals surface area contributed by atoms with E-state index in [1.807, 2.05) is 12.1 Å². The zero-order valence-corrected chi connectivity index (χ0v) is 16.3. The zero-order valence-electron chi connectivity index (χ0n) is 16.3. The summed E-state index contributed by atoms with van der Waals surface area (Å²) >= 11 is 0. The number of nitrogens with zero attached hydrogens (tertiary/aromatic N) is 3. The number of alkyl halides is 3. The highest BCUT2D eigenvalue weighted by atomic mass is 19.4. The number of halogens is 3. The maximum atomic E-state index is 12.9. The molecule has 0 N–H and O–H groups in total. The first-order valence-corrected chi connectivity index (χ1v) is 9.32. The summed E-state index contributed by atoms with van der Waals surface area (Å²) in [6.07, 6.45) is -4.75. The Bertz CT molecular complexity index is 1160. The molecule has 0 atom stereocenters. The van der Waals surface area contributed by atoms with Gasteiger partial charge in [-0.1, -0.05) is 24.3 Å². The van der Waals surface area contributed by atoms with E-state index in [9.17, 15) is 22.9 Å². The maximum Gasteiger partial charge on any atom is 0.573 e. The molecule has 4 rings (SSSR count). The maximum absolute atomic E-state index is 12.9. The van der Waals surface area contributed by atoms with Crippen LogP contribution in [0.4, 0.5) is 18.9 Å². The second-order valence-corrected chi connectivity index (χ2v) is 7.12. The number of benzene rings is 2. The third-order valence-corrected chi connectivity index (χ3v) is 4.92. The van der Waals surface area contributed by atoms with Gasteiger partial charge >= 0.3 is 6.36 Å². The molecule has 3 aromatic rings. The number of rotatable bonds is 5. The van der Waals surface area contributed by atoms with Crippen LogP contribution in [0.15, 0.2) is 59.8 Å². The van der Waals surface area contributed by atoms with Crippen LogP contribution in [-0.4, -0.2) is 22.2 Å². The van der Waals surface area contributed by atoms with Crippen LogP contribution in [0.25, 0.3) is 11.3 Å². The molecule has 158 valence electrons. The predicted molar refractivity (Wildman–Crippen MR) is 107 cm³/mol. The van der Waals surface area contributed by atoms with Crippen molar-refractivity contribution in [1.82, 2.24) is 9.88 Å². The Labute approximate surface area is 175 Å². The summed E-state index contributed by atoms with van der Waals surface area (Å²) in [4.78, 5) is 29.8. The summed E-state index contributed by atoms with van der Waals surface area (Å²) in [5.74, 6) is -0.505. The Kier molecular flexibility index (Phi) is 5.18. The highest BCUT2D eigenvalue weighted by molar-refractivity contribution is 5.99. The van der Waals surface area contributed by atoms with Gasteiger partial charge in [0.15, 0.2) is 0 Å². The van der Waals surface area contributed by atoms with Crippen molar-refractivity contribution in [2.45, 2.75) is 26.4 Å². The lowest BCUT2D eigenvalue weighted by Gasteiger charge is -2.16. The highest BCUT2D eigenvalue weighted by Gasteiger charge is 2.32. The fourth-order valence-electron chi connectivity index (χ4n) is 3.61. The van der Waals surface area contributed by atoms with E-state index in [4.69, 9.17) is 0 Å². The number of aryl methyl sites for hydroxylation is 1. The molecule has 0 aliphatic carbocycles. The Morgan fingerprint density at radius 1 is 1.13 bits per heavy atom. The minimum absolute atomic E-state index is 0.189. The SMILES string of the molecule is Cc1nc(-c2cccc(N=O)c2)cc2c1C(=O)N(Cc1ccc(OC(F)(F)F)cc1)C2. The number of carbonyl (C=O) groups excluding carboxylic acids is 1. The number of hydrogen-bond donors (Lipinski definition) is 0. The van der Waals surface area contributed by atoms with E-state index < -0.39 is 6.36 Å². The van der Waals surface area contributed by atoms with Crippen molar-refractivity contribution in [3.63, 3.8) is 0 Å². The van der Waals surface area contributed by atoms with E-state index in [1.165, 1.54) is 24.3 Å². The van der Waals surface area contributed by atoms with E-state index >= 15 is 0 Å². The number of fused-ring (bicyclic) bond motifs is 1. The van der Waals surface area contributed by atoms with Gasteiger partial charge in [0.05, 0.1) is 17.0 Å². The van der Waals surface area contributed by atoms with Crippen LogP contribution in [0, 0.1) is 11.8 Å². The van der Waals surface area contributed by atoms with Crippen molar-refractivity contribution in [1.29, 1.82) is 0 Å². The number of amides is 1. The number of ether oxygens (including phenoxy) is 1. The Hall–Kier alpha value is -3.75. The molecule has 1 aromatic heterocycles. The fraction of sp³-hybridized carbons (Fsp3) is 0.182. The van der Waals surface area contributed by atoms with E-state index in [0.717, 1.165) is 5.56 Å². The van der Waals surface area contributed by atoms with E-state index in [0.29, 0.717) is 34.6 Å². The molecule has 2 aromatic carbocycles. The third-order valence-electron chi connectivity index (χ3n) is 4.92. The summed E-state index contributed by atoms with van der Waals surface area (Å²) in [5, 5.41) is 2.94. The number of hydrogen-bond acceptors (Lipinski definition) is 5. The van der Waals surface area contributed by atoms with Gasteiger partial charge in [0, 0.05) is 18.7 Å². The monoisotopic (exact) mass is 427 g/mol. The molecule has 1 aliphatic rings. The van der Waals surface area contributed by atoms with Crippen LogP contribution in [0.2, 0.25) is 0 Å². The molecule has 31 heavy (non-hydrogen) atoms. The van der Waals surface area contributed by atoms with Gasteiger partial charge in [-0.3, -0.25) is 9.78 Å². The van der Waals surface area contributed by atoms with E-state index in [2.05, 4.69) is 14.9 Å². The first-order chi connectivity index (χ1) is 14.7. The number of pyridine rings is 1. The minimum atomic E-state index is -4.75. The van der Waals surface area contributed by atoms with Gasteiger partial charge in [-0.2, -0.15) is 0 Å². The molecule has 1 amide bonds. The van der Waals surface area contributed by atoms with Crippen LogP contribution in [0.1, 0.15) is 27.2 Å². The predicted octanol–water partition coefficient (Wildman–Crippen LogP) is 5.51. The summed E-state index contributed by atoms with van der Waals surface area (Å²) < 4.78 is 40.8. The molecule has 6 nitrogen and oxygen atoms in total. The molecule has 0 saturated carbocycles. The number of carbonyl (C=O) groups is 1. The van der Waals surface area contributed by atoms with Crippen LogP contribution < -0.4 is 4.74 Å². The van der Waals surface area contributed by atoms with Crippen molar-refractivity contribution in [3.05, 3.63) is 81.9 Å². The van der Waals surface area contributed by atoms with Gasteiger partial charge in [-0.05, 0) is 53.6 Å². The number of nitroso groups, excluding NO2 is 1. The van der Waals surface area contributed by atoms with Crippen molar-refractivity contribution in [2.75, 3.05) is 0 Å². The van der Waals surface area contributed by atoms with Crippen LogP contribution in [0.5, 0.6) is 5.75 Å². The van der Waals surface area contributed by atoms with Crippen molar-refractivity contribution >= 4 is 11.6 Å². The first-order valence-electron chi connectivity index (χ1n) is 9.32. The second kappa shape index (κ2) is 7.82. The molecule has 2 heterocycles. The second-order valence-electron chi connectivity index (χ2n) is 7.12. The quantitative estimate of drug-likeness (QED) is 0.504. The summed E-state index contributed by atoms with van der Waals surface area (Å²) in [6, 6.07) is 14.0. The van der Waals surface area contributed by atoms with Crippen LogP contribution in [0.3, 0.4) is 0 Å². The molecule has 0 radical (unpaired) electrons. The molecule has 0 unspecified atom stereocenters. The molecule has 0 fully saturated rings. The van der Waals surface area contributed by atoms with Gasteiger partial charge < -0.3 is 9.64 Å². The lowest BCUT2D eigenvalue weighted by Crippen LogP contribution is -2.23. The first kappa shape index (κ1) is 20.5. The van der Waals surface area contributed by atoms with Crippen LogP contribution in [-0.2, 0) is 13.1 Å². The fourth-order valence-corrected chi connectivity index (χ4v) is 3.61. The lowest BCUT2D eigenvalue weighted by atomic mass is 10.0. The minimum Gasteiger partial charge on any atom is -0.406 e. The van der Waals surface area contributed by atoms with E-state index in [-0.39, 0.29) is 23.9 Å². The lowest BCUT2D eigenvalue weighted by molar-refractivity contribution is -0.274. The van der Waals surface area contributed by atoms with Gasteiger partial charge in [0.25, 0.3) is 5.91 Å². The van der Waals surface area contributed by atoms with Crippen molar-refractivity contribution in [2.24, 2.45) is 5.18 Å². The van der Waals surface area contributed by atoms with Gasteiger partial charge in [0.1, 0.15) is 11.4 Å². The Morgan fingerprint density at radius 2 is 1.87 bits per heavy atom. The average molecular weight is 427 g/mol.